The number of piperidine rings is 1. The number of rotatable bonds is 6. The quantitative estimate of drug-likeness (QED) is 0.881. The molecule has 6 nitrogen and oxygen atoms in total. The molecule has 1 N–H and O–H groups in total. The van der Waals surface area contributed by atoms with E-state index in [2.05, 4.69) is 31.8 Å². The molecule has 1 aliphatic rings. The topological polar surface area (TPSA) is 57.3 Å². The third kappa shape index (κ3) is 3.39. The van der Waals surface area contributed by atoms with E-state index < -0.39 is 0 Å². The predicted molar refractivity (Wildman–Crippen MR) is 88.2 cm³/mol. The number of ether oxygens (including phenoxy) is 1. The molecule has 120 valence electrons. The number of nitrogens with one attached hydrogen (secondary N) is 1. The minimum absolute atomic E-state index is 0.726. The predicted octanol–water partition coefficient (Wildman–Crippen LogP) is 1.75. The molecule has 0 atom stereocenters. The number of aromatic nitrogens is 3. The highest BCUT2D eigenvalue weighted by Gasteiger charge is 2.21. The van der Waals surface area contributed by atoms with E-state index in [1.54, 1.807) is 13.4 Å². The highest BCUT2D eigenvalue weighted by Crippen LogP contribution is 2.24. The summed E-state index contributed by atoms with van der Waals surface area (Å²) in [6.07, 6.45) is 6.06. The molecule has 1 aliphatic heterocycles. The van der Waals surface area contributed by atoms with Crippen LogP contribution in [0.25, 0.3) is 11.0 Å². The van der Waals surface area contributed by atoms with Crippen LogP contribution < -0.4 is 4.90 Å². The SMILES string of the molecule is COCCN1CCC(CN(C)c2ncnc3cc[nH]c23)CC1. The van der Waals surface area contributed by atoms with Gasteiger partial charge in [0.25, 0.3) is 0 Å². The largest absolute Gasteiger partial charge is 0.383 e. The summed E-state index contributed by atoms with van der Waals surface area (Å²) < 4.78 is 5.16. The van der Waals surface area contributed by atoms with Crippen LogP contribution in [0.3, 0.4) is 0 Å². The molecule has 0 bridgehead atoms. The first-order valence-corrected chi connectivity index (χ1v) is 7.98. The van der Waals surface area contributed by atoms with Gasteiger partial charge < -0.3 is 19.5 Å². The van der Waals surface area contributed by atoms with Crippen LogP contribution >= 0.6 is 0 Å². The number of hydrogen-bond acceptors (Lipinski definition) is 5. The van der Waals surface area contributed by atoms with Crippen LogP contribution in [0.5, 0.6) is 0 Å². The van der Waals surface area contributed by atoms with E-state index in [1.165, 1.54) is 25.9 Å². The van der Waals surface area contributed by atoms with Gasteiger partial charge in [-0.25, -0.2) is 9.97 Å². The van der Waals surface area contributed by atoms with E-state index in [0.717, 1.165) is 42.5 Å². The smallest absolute Gasteiger partial charge is 0.156 e. The van der Waals surface area contributed by atoms with Gasteiger partial charge in [-0.1, -0.05) is 0 Å². The normalized spacial score (nSPS) is 17.2. The maximum atomic E-state index is 5.16. The van der Waals surface area contributed by atoms with Gasteiger partial charge in [0.2, 0.25) is 0 Å². The van der Waals surface area contributed by atoms with E-state index in [4.69, 9.17) is 4.74 Å². The van der Waals surface area contributed by atoms with Crippen LogP contribution in [0.2, 0.25) is 0 Å². The van der Waals surface area contributed by atoms with Crippen LogP contribution in [0.1, 0.15) is 12.8 Å². The third-order valence-corrected chi connectivity index (χ3v) is 4.54. The van der Waals surface area contributed by atoms with Gasteiger partial charge >= 0.3 is 0 Å². The molecule has 1 saturated heterocycles. The molecular formula is C16H25N5O. The fraction of sp³-hybridized carbons (Fsp3) is 0.625. The lowest BCUT2D eigenvalue weighted by atomic mass is 9.96. The monoisotopic (exact) mass is 303 g/mol. The summed E-state index contributed by atoms with van der Waals surface area (Å²) in [6.45, 7) is 5.26. The van der Waals surface area contributed by atoms with Crippen molar-refractivity contribution < 1.29 is 4.74 Å². The maximum Gasteiger partial charge on any atom is 0.156 e. The van der Waals surface area contributed by atoms with Crippen LogP contribution in [-0.2, 0) is 4.74 Å². The first-order chi connectivity index (χ1) is 10.8. The molecule has 1 fully saturated rings. The molecule has 22 heavy (non-hydrogen) atoms. The number of nitrogens with zero attached hydrogens (tertiary/aromatic N) is 4. The highest BCUT2D eigenvalue weighted by molar-refractivity contribution is 5.85. The molecule has 0 radical (unpaired) electrons. The fourth-order valence-corrected chi connectivity index (χ4v) is 3.23. The molecule has 0 spiro atoms. The van der Waals surface area contributed by atoms with Crippen molar-refractivity contribution in [1.82, 2.24) is 19.9 Å². The number of hydrogen-bond donors (Lipinski definition) is 1. The molecule has 0 unspecified atom stereocenters. The number of aromatic amines is 1. The molecule has 0 amide bonds. The Kier molecular flexibility index (Phi) is 4.90. The first kappa shape index (κ1) is 15.2. The third-order valence-electron chi connectivity index (χ3n) is 4.54. The number of likely N-dealkylation sites (tertiary alicyclic amines) is 1. The second-order valence-corrected chi connectivity index (χ2v) is 6.09. The van der Waals surface area contributed by atoms with E-state index in [1.807, 2.05) is 12.3 Å². The van der Waals surface area contributed by atoms with Crippen molar-refractivity contribution in [1.29, 1.82) is 0 Å². The van der Waals surface area contributed by atoms with Crippen molar-refractivity contribution in [3.8, 4) is 0 Å². The standard InChI is InChI=1S/C16H25N5O/c1-20(16-15-14(3-6-17-15)18-12-19-16)11-13-4-7-21(8-5-13)9-10-22-2/h3,6,12-13,17H,4-5,7-11H2,1-2H3. The minimum Gasteiger partial charge on any atom is -0.383 e. The molecule has 0 saturated carbocycles. The van der Waals surface area contributed by atoms with Crippen LogP contribution in [0.4, 0.5) is 5.82 Å². The summed E-state index contributed by atoms with van der Waals surface area (Å²) >= 11 is 0. The highest BCUT2D eigenvalue weighted by atomic mass is 16.5. The van der Waals surface area contributed by atoms with Crippen molar-refractivity contribution in [2.24, 2.45) is 5.92 Å². The van der Waals surface area contributed by atoms with E-state index in [0.29, 0.717) is 0 Å². The zero-order chi connectivity index (χ0) is 15.4. The lowest BCUT2D eigenvalue weighted by molar-refractivity contribution is 0.121. The molecule has 3 rings (SSSR count). The maximum absolute atomic E-state index is 5.16. The summed E-state index contributed by atoms with van der Waals surface area (Å²) in [5.41, 5.74) is 2.01. The average Bonchev–Trinajstić information content (AvgIpc) is 3.02. The van der Waals surface area contributed by atoms with Crippen LogP contribution in [0, 0.1) is 5.92 Å². The summed E-state index contributed by atoms with van der Waals surface area (Å²) in [7, 11) is 3.89. The Balaban J connectivity index is 1.56. The number of fused-ring (bicyclic) bond motifs is 1. The average molecular weight is 303 g/mol. The van der Waals surface area contributed by atoms with Crippen molar-refractivity contribution in [3.63, 3.8) is 0 Å². The second-order valence-electron chi connectivity index (χ2n) is 6.09. The van der Waals surface area contributed by atoms with Crippen molar-refractivity contribution in [3.05, 3.63) is 18.6 Å². The zero-order valence-electron chi connectivity index (χ0n) is 13.5. The first-order valence-electron chi connectivity index (χ1n) is 7.98. The Morgan fingerprint density at radius 1 is 1.36 bits per heavy atom. The van der Waals surface area contributed by atoms with Gasteiger partial charge in [0.15, 0.2) is 5.82 Å². The lowest BCUT2D eigenvalue weighted by Gasteiger charge is -2.34. The Labute approximate surface area is 131 Å². The number of H-pyrrole nitrogens is 1. The Morgan fingerprint density at radius 2 is 2.18 bits per heavy atom. The molecule has 0 aromatic carbocycles. The number of methoxy groups -OCH3 is 1. The van der Waals surface area contributed by atoms with E-state index in [9.17, 15) is 0 Å². The summed E-state index contributed by atoms with van der Waals surface area (Å²) in [4.78, 5) is 16.7. The van der Waals surface area contributed by atoms with Gasteiger partial charge in [-0.2, -0.15) is 0 Å². The van der Waals surface area contributed by atoms with Crippen molar-refractivity contribution >= 4 is 16.9 Å². The molecular weight excluding hydrogens is 278 g/mol. The van der Waals surface area contributed by atoms with Gasteiger partial charge in [0.1, 0.15) is 11.8 Å². The summed E-state index contributed by atoms with van der Waals surface area (Å²) in [5.74, 6) is 1.72. The Hall–Kier alpha value is -1.66. The van der Waals surface area contributed by atoms with Gasteiger partial charge in [0, 0.05) is 33.4 Å². The zero-order valence-corrected chi connectivity index (χ0v) is 13.5. The van der Waals surface area contributed by atoms with E-state index in [-0.39, 0.29) is 0 Å². The van der Waals surface area contributed by atoms with Crippen molar-refractivity contribution in [2.45, 2.75) is 12.8 Å². The fourth-order valence-electron chi connectivity index (χ4n) is 3.23. The molecule has 6 heteroatoms. The van der Waals surface area contributed by atoms with Gasteiger partial charge in [-0.15, -0.1) is 0 Å². The van der Waals surface area contributed by atoms with Crippen LogP contribution in [-0.4, -0.2) is 66.8 Å². The summed E-state index contributed by atoms with van der Waals surface area (Å²) in [5, 5.41) is 0. The Morgan fingerprint density at radius 3 is 2.95 bits per heavy atom. The van der Waals surface area contributed by atoms with Gasteiger partial charge in [0.05, 0.1) is 12.1 Å². The summed E-state index contributed by atoms with van der Waals surface area (Å²) in [6, 6.07) is 1.99. The number of anilines is 1. The Bertz CT molecular complexity index is 591. The molecule has 2 aromatic heterocycles. The second kappa shape index (κ2) is 7.07. The minimum atomic E-state index is 0.726. The van der Waals surface area contributed by atoms with E-state index >= 15 is 0 Å². The van der Waals surface area contributed by atoms with Crippen molar-refractivity contribution in [2.75, 3.05) is 51.8 Å². The molecule has 0 aliphatic carbocycles. The van der Waals surface area contributed by atoms with Crippen LogP contribution in [0.15, 0.2) is 18.6 Å². The van der Waals surface area contributed by atoms with Gasteiger partial charge in [-0.3, -0.25) is 0 Å². The molecule has 2 aromatic rings. The molecule has 3 heterocycles. The van der Waals surface area contributed by atoms with Gasteiger partial charge in [-0.05, 0) is 37.9 Å². The lowest BCUT2D eigenvalue weighted by Crippen LogP contribution is -2.39.